The van der Waals surface area contributed by atoms with E-state index >= 15 is 0 Å². The predicted octanol–water partition coefficient (Wildman–Crippen LogP) is 4.95. The lowest BCUT2D eigenvalue weighted by atomic mass is 10.1. The number of hydrogen-bond donors (Lipinski definition) is 1. The maximum atomic E-state index is 12.8. The molecule has 3 heterocycles. The zero-order valence-electron chi connectivity index (χ0n) is 17.4. The second kappa shape index (κ2) is 9.09. The summed E-state index contributed by atoms with van der Waals surface area (Å²) in [6.45, 7) is 2.81. The minimum absolute atomic E-state index is 0.0919. The molecule has 7 nitrogen and oxygen atoms in total. The van der Waals surface area contributed by atoms with Crippen molar-refractivity contribution in [2.75, 3.05) is 18.9 Å². The summed E-state index contributed by atoms with van der Waals surface area (Å²) in [5.41, 5.74) is 3.30. The predicted molar refractivity (Wildman–Crippen MR) is 123 cm³/mol. The molecule has 2 amide bonds. The van der Waals surface area contributed by atoms with Crippen LogP contribution in [0.15, 0.2) is 60.2 Å². The van der Waals surface area contributed by atoms with Gasteiger partial charge in [0.15, 0.2) is 5.65 Å². The summed E-state index contributed by atoms with van der Waals surface area (Å²) < 4.78 is 1.66. The number of ketones is 1. The van der Waals surface area contributed by atoms with Crippen LogP contribution in [0.3, 0.4) is 0 Å². The Balaban J connectivity index is 1.63. The highest BCUT2D eigenvalue weighted by atomic mass is 32.1. The molecule has 0 spiro atoms. The Morgan fingerprint density at radius 2 is 2.06 bits per heavy atom. The van der Waals surface area contributed by atoms with Crippen LogP contribution < -0.4 is 5.32 Å². The van der Waals surface area contributed by atoms with E-state index in [1.54, 1.807) is 34.9 Å². The molecule has 0 saturated carbocycles. The van der Waals surface area contributed by atoms with Gasteiger partial charge in [0, 0.05) is 31.0 Å². The number of anilines is 1. The van der Waals surface area contributed by atoms with Crippen LogP contribution in [-0.4, -0.2) is 44.9 Å². The van der Waals surface area contributed by atoms with E-state index in [2.05, 4.69) is 22.3 Å². The monoisotopic (exact) mass is 433 g/mol. The number of hydrogen-bond acceptors (Lipinski definition) is 5. The maximum Gasteiger partial charge on any atom is 0.321 e. The average Bonchev–Trinajstić information content (AvgIpc) is 3.47. The first-order valence-corrected chi connectivity index (χ1v) is 11.0. The van der Waals surface area contributed by atoms with Crippen LogP contribution in [0.1, 0.15) is 35.0 Å². The van der Waals surface area contributed by atoms with Crippen LogP contribution in [0.2, 0.25) is 0 Å². The number of carbonyl (C=O) groups is 2. The molecule has 0 saturated heterocycles. The van der Waals surface area contributed by atoms with E-state index in [0.717, 1.165) is 24.1 Å². The summed E-state index contributed by atoms with van der Waals surface area (Å²) >= 11 is 1.39. The molecule has 1 N–H and O–H groups in total. The van der Waals surface area contributed by atoms with Gasteiger partial charge in [0.25, 0.3) is 0 Å². The second-order valence-corrected chi connectivity index (χ2v) is 8.16. The lowest BCUT2D eigenvalue weighted by molar-refractivity contribution is 0.104. The van der Waals surface area contributed by atoms with Crippen molar-refractivity contribution in [3.05, 3.63) is 70.7 Å². The first-order chi connectivity index (χ1) is 15.1. The summed E-state index contributed by atoms with van der Waals surface area (Å²) in [5, 5.41) is 9.23. The van der Waals surface area contributed by atoms with Crippen LogP contribution >= 0.6 is 11.3 Å². The normalized spacial score (nSPS) is 10.9. The molecule has 0 bridgehead atoms. The Bertz CT molecular complexity index is 1220. The van der Waals surface area contributed by atoms with E-state index < -0.39 is 0 Å². The summed E-state index contributed by atoms with van der Waals surface area (Å²) in [5.74, 6) is -0.0919. The van der Waals surface area contributed by atoms with Gasteiger partial charge < -0.3 is 10.2 Å². The molecule has 0 aliphatic rings. The third-order valence-corrected chi connectivity index (χ3v) is 5.86. The van der Waals surface area contributed by atoms with Crippen LogP contribution in [0.5, 0.6) is 0 Å². The van der Waals surface area contributed by atoms with Crippen molar-refractivity contribution in [1.29, 1.82) is 0 Å². The molecule has 158 valence electrons. The summed E-state index contributed by atoms with van der Waals surface area (Å²) in [4.78, 5) is 31.9. The molecule has 1 aromatic carbocycles. The number of benzene rings is 1. The Labute approximate surface area is 184 Å². The highest BCUT2D eigenvalue weighted by Crippen LogP contribution is 2.25. The summed E-state index contributed by atoms with van der Waals surface area (Å²) in [6.07, 6.45) is 5.22. The molecule has 0 radical (unpaired) electrons. The number of rotatable bonds is 7. The Morgan fingerprint density at radius 3 is 2.84 bits per heavy atom. The standard InChI is InChI=1S/C23H23N5O2S/c1-3-4-12-27(2)23(30)26-17-8-5-7-16(14-17)19-10-11-24-22-18(15-25-28(19)22)21(29)20-9-6-13-31-20/h5-11,13-15H,3-4,12H2,1-2H3,(H,26,30). The molecule has 31 heavy (non-hydrogen) atoms. The van der Waals surface area contributed by atoms with Crippen molar-refractivity contribution in [3.63, 3.8) is 0 Å². The number of nitrogens with one attached hydrogen (secondary N) is 1. The van der Waals surface area contributed by atoms with Crippen molar-refractivity contribution in [1.82, 2.24) is 19.5 Å². The van der Waals surface area contributed by atoms with Gasteiger partial charge in [-0.1, -0.05) is 31.5 Å². The third-order valence-electron chi connectivity index (χ3n) is 4.99. The van der Waals surface area contributed by atoms with Crippen LogP contribution in [0.4, 0.5) is 10.5 Å². The molecule has 8 heteroatoms. The minimum Gasteiger partial charge on any atom is -0.328 e. The van der Waals surface area contributed by atoms with Gasteiger partial charge in [0.1, 0.15) is 0 Å². The number of urea groups is 1. The van der Waals surface area contributed by atoms with Crippen molar-refractivity contribution in [2.45, 2.75) is 19.8 Å². The fourth-order valence-electron chi connectivity index (χ4n) is 3.28. The molecule has 0 atom stereocenters. The van der Waals surface area contributed by atoms with E-state index in [4.69, 9.17) is 0 Å². The second-order valence-electron chi connectivity index (χ2n) is 7.22. The number of carbonyl (C=O) groups excluding carboxylic acids is 2. The van der Waals surface area contributed by atoms with Crippen molar-refractivity contribution < 1.29 is 9.59 Å². The number of thiophene rings is 1. The van der Waals surface area contributed by atoms with Crippen molar-refractivity contribution in [2.24, 2.45) is 0 Å². The Hall–Kier alpha value is -3.52. The van der Waals surface area contributed by atoms with E-state index in [0.29, 0.717) is 28.3 Å². The van der Waals surface area contributed by atoms with E-state index in [9.17, 15) is 9.59 Å². The highest BCUT2D eigenvalue weighted by Gasteiger charge is 2.18. The van der Waals surface area contributed by atoms with Crippen LogP contribution in [0.25, 0.3) is 16.9 Å². The van der Waals surface area contributed by atoms with Crippen LogP contribution in [0, 0.1) is 0 Å². The molecule has 0 fully saturated rings. The van der Waals surface area contributed by atoms with E-state index in [1.807, 2.05) is 41.8 Å². The molecule has 0 aliphatic carbocycles. The maximum absolute atomic E-state index is 12.8. The Kier molecular flexibility index (Phi) is 6.08. The van der Waals surface area contributed by atoms with Gasteiger partial charge in [0.05, 0.1) is 22.3 Å². The largest absolute Gasteiger partial charge is 0.328 e. The minimum atomic E-state index is -0.145. The molecule has 4 aromatic rings. The van der Waals surface area contributed by atoms with Crippen molar-refractivity contribution >= 4 is 34.5 Å². The number of aromatic nitrogens is 3. The van der Waals surface area contributed by atoms with Gasteiger partial charge in [0.2, 0.25) is 5.78 Å². The SMILES string of the molecule is CCCCN(C)C(=O)Nc1cccc(-c2ccnc3c(C(=O)c4cccs4)cnn23)c1. The number of amides is 2. The molecule has 3 aromatic heterocycles. The smallest absolute Gasteiger partial charge is 0.321 e. The summed E-state index contributed by atoms with van der Waals surface area (Å²) in [7, 11) is 1.79. The lowest BCUT2D eigenvalue weighted by Gasteiger charge is -2.18. The first kappa shape index (κ1) is 20.7. The van der Waals surface area contributed by atoms with E-state index in [1.165, 1.54) is 11.3 Å². The topological polar surface area (TPSA) is 79.6 Å². The first-order valence-electron chi connectivity index (χ1n) is 10.1. The zero-order valence-corrected chi connectivity index (χ0v) is 18.2. The molecular weight excluding hydrogens is 410 g/mol. The molecule has 0 aliphatic heterocycles. The highest BCUT2D eigenvalue weighted by molar-refractivity contribution is 7.12. The Morgan fingerprint density at radius 1 is 1.19 bits per heavy atom. The number of unbranched alkanes of at least 4 members (excludes halogenated alkanes) is 1. The van der Waals surface area contributed by atoms with Gasteiger partial charge in [-0.2, -0.15) is 5.10 Å². The number of fused-ring (bicyclic) bond motifs is 1. The zero-order chi connectivity index (χ0) is 21.8. The van der Waals surface area contributed by atoms with Gasteiger partial charge in [-0.25, -0.2) is 14.3 Å². The quantitative estimate of drug-likeness (QED) is 0.418. The lowest BCUT2D eigenvalue weighted by Crippen LogP contribution is -2.32. The third kappa shape index (κ3) is 4.34. The number of nitrogens with zero attached hydrogens (tertiary/aromatic N) is 4. The van der Waals surface area contributed by atoms with E-state index in [-0.39, 0.29) is 11.8 Å². The average molecular weight is 434 g/mol. The van der Waals surface area contributed by atoms with Crippen LogP contribution in [-0.2, 0) is 0 Å². The molecular formula is C23H23N5O2S. The fourth-order valence-corrected chi connectivity index (χ4v) is 3.96. The summed E-state index contributed by atoms with van der Waals surface area (Å²) in [6, 6.07) is 12.9. The van der Waals surface area contributed by atoms with Gasteiger partial charge in [-0.05, 0) is 36.1 Å². The van der Waals surface area contributed by atoms with Gasteiger partial charge in [-0.3, -0.25) is 4.79 Å². The molecule has 0 unspecified atom stereocenters. The van der Waals surface area contributed by atoms with Gasteiger partial charge >= 0.3 is 6.03 Å². The fraction of sp³-hybridized carbons (Fsp3) is 0.217. The molecule has 4 rings (SSSR count). The van der Waals surface area contributed by atoms with Crippen molar-refractivity contribution in [3.8, 4) is 11.3 Å². The van der Waals surface area contributed by atoms with Gasteiger partial charge in [-0.15, -0.1) is 11.3 Å².